The van der Waals surface area contributed by atoms with Gasteiger partial charge < -0.3 is 10.6 Å². The Morgan fingerprint density at radius 3 is 2.62 bits per heavy atom. The Kier molecular flexibility index (Phi) is 6.18. The first-order chi connectivity index (χ1) is 14.2. The summed E-state index contributed by atoms with van der Waals surface area (Å²) in [5, 5.41) is 17.5. The molecule has 0 aliphatic rings. The summed E-state index contributed by atoms with van der Waals surface area (Å²) in [4.78, 5) is 16.7. The highest BCUT2D eigenvalue weighted by molar-refractivity contribution is 8.01. The molecule has 146 valence electrons. The van der Waals surface area contributed by atoms with Crippen molar-refractivity contribution in [1.82, 2.24) is 15.2 Å². The van der Waals surface area contributed by atoms with E-state index in [-0.39, 0.29) is 11.7 Å². The Labute approximate surface area is 180 Å². The van der Waals surface area contributed by atoms with Crippen LogP contribution in [0.1, 0.15) is 5.56 Å². The molecule has 4 rings (SSSR count). The Bertz CT molecular complexity index is 1090. The standard InChI is InChI=1S/C20H17N5OS3/c1-13-7-9-15(10-8-13)21-19-24-25-20(29-19)28-12-17(26)23-18-22-16(11-27-18)14-5-3-2-4-6-14/h2-11H,12H2,1H3,(H,21,24)(H,22,23,26). The summed E-state index contributed by atoms with van der Waals surface area (Å²) in [7, 11) is 0. The molecule has 29 heavy (non-hydrogen) atoms. The van der Waals surface area contributed by atoms with Crippen molar-refractivity contribution in [2.75, 3.05) is 16.4 Å². The van der Waals surface area contributed by atoms with Crippen LogP contribution in [0.2, 0.25) is 0 Å². The molecule has 1 amide bonds. The minimum Gasteiger partial charge on any atom is -0.330 e. The van der Waals surface area contributed by atoms with Crippen LogP contribution in [0.4, 0.5) is 16.0 Å². The van der Waals surface area contributed by atoms with Gasteiger partial charge in [-0.25, -0.2) is 4.98 Å². The van der Waals surface area contributed by atoms with E-state index in [0.717, 1.165) is 21.3 Å². The lowest BCUT2D eigenvalue weighted by molar-refractivity contribution is -0.113. The second kappa shape index (κ2) is 9.17. The molecule has 2 aromatic carbocycles. The van der Waals surface area contributed by atoms with Gasteiger partial charge >= 0.3 is 0 Å². The van der Waals surface area contributed by atoms with Crippen molar-refractivity contribution in [2.45, 2.75) is 11.3 Å². The molecule has 0 saturated heterocycles. The number of nitrogens with zero attached hydrogens (tertiary/aromatic N) is 3. The number of aryl methyl sites for hydroxylation is 1. The minimum absolute atomic E-state index is 0.118. The molecule has 4 aromatic rings. The second-order valence-corrected chi connectivity index (χ2v) is 9.16. The molecular formula is C20H17N5OS3. The zero-order valence-electron chi connectivity index (χ0n) is 15.5. The number of amides is 1. The Balaban J connectivity index is 1.28. The lowest BCUT2D eigenvalue weighted by atomic mass is 10.2. The van der Waals surface area contributed by atoms with Crippen LogP contribution in [-0.4, -0.2) is 26.8 Å². The van der Waals surface area contributed by atoms with Crippen LogP contribution in [0.3, 0.4) is 0 Å². The van der Waals surface area contributed by atoms with E-state index in [1.807, 2.05) is 66.9 Å². The largest absolute Gasteiger partial charge is 0.330 e. The van der Waals surface area contributed by atoms with E-state index in [4.69, 9.17) is 0 Å². The van der Waals surface area contributed by atoms with Crippen molar-refractivity contribution >= 4 is 56.3 Å². The van der Waals surface area contributed by atoms with Crippen molar-refractivity contribution in [3.8, 4) is 11.3 Å². The number of anilines is 3. The van der Waals surface area contributed by atoms with Crippen LogP contribution >= 0.6 is 34.4 Å². The summed E-state index contributed by atoms with van der Waals surface area (Å²) in [5.74, 6) is 0.131. The number of rotatable bonds is 7. The van der Waals surface area contributed by atoms with E-state index < -0.39 is 0 Å². The highest BCUT2D eigenvalue weighted by atomic mass is 32.2. The third-order valence-corrected chi connectivity index (χ3v) is 6.59. The van der Waals surface area contributed by atoms with E-state index in [9.17, 15) is 4.79 Å². The molecule has 0 bridgehead atoms. The summed E-state index contributed by atoms with van der Waals surface area (Å²) >= 11 is 4.19. The highest BCUT2D eigenvalue weighted by Crippen LogP contribution is 2.28. The van der Waals surface area contributed by atoms with Gasteiger partial charge in [-0.3, -0.25) is 4.79 Å². The fourth-order valence-corrected chi connectivity index (χ4v) is 4.74. The van der Waals surface area contributed by atoms with Gasteiger partial charge in [-0.1, -0.05) is 71.1 Å². The van der Waals surface area contributed by atoms with Crippen LogP contribution in [0.25, 0.3) is 11.3 Å². The number of thiazole rings is 1. The Morgan fingerprint density at radius 1 is 1.03 bits per heavy atom. The number of carbonyl (C=O) groups excluding carboxylic acids is 1. The second-order valence-electron chi connectivity index (χ2n) is 6.10. The molecule has 0 aliphatic carbocycles. The van der Waals surface area contributed by atoms with E-state index in [1.165, 1.54) is 40.0 Å². The van der Waals surface area contributed by atoms with Crippen LogP contribution < -0.4 is 10.6 Å². The van der Waals surface area contributed by atoms with E-state index in [1.54, 1.807) is 0 Å². The minimum atomic E-state index is -0.118. The van der Waals surface area contributed by atoms with Crippen molar-refractivity contribution in [3.05, 3.63) is 65.5 Å². The molecule has 0 atom stereocenters. The molecule has 2 N–H and O–H groups in total. The molecular weight excluding hydrogens is 422 g/mol. The van der Waals surface area contributed by atoms with Crippen molar-refractivity contribution < 1.29 is 4.79 Å². The molecule has 9 heteroatoms. The van der Waals surface area contributed by atoms with Gasteiger partial charge in [0.05, 0.1) is 11.4 Å². The van der Waals surface area contributed by atoms with Gasteiger partial charge in [0.25, 0.3) is 0 Å². The summed E-state index contributed by atoms with van der Waals surface area (Å²) in [6.45, 7) is 2.04. The van der Waals surface area contributed by atoms with Crippen LogP contribution in [0.5, 0.6) is 0 Å². The SMILES string of the molecule is Cc1ccc(Nc2nnc(SCC(=O)Nc3nc(-c4ccccc4)cs3)s2)cc1. The van der Waals surface area contributed by atoms with Crippen LogP contribution in [0, 0.1) is 6.92 Å². The number of hydrogen-bond acceptors (Lipinski definition) is 8. The molecule has 0 fully saturated rings. The molecule has 2 heterocycles. The maximum atomic E-state index is 12.2. The third kappa shape index (κ3) is 5.41. The number of thioether (sulfide) groups is 1. The topological polar surface area (TPSA) is 79.8 Å². The number of hydrogen-bond donors (Lipinski definition) is 2. The molecule has 6 nitrogen and oxygen atoms in total. The van der Waals surface area contributed by atoms with Crippen molar-refractivity contribution in [2.24, 2.45) is 0 Å². The number of aromatic nitrogens is 3. The first-order valence-corrected chi connectivity index (χ1v) is 11.4. The fraction of sp³-hybridized carbons (Fsp3) is 0.100. The molecule has 0 radical (unpaired) electrons. The summed E-state index contributed by atoms with van der Waals surface area (Å²) in [6, 6.07) is 17.9. The maximum absolute atomic E-state index is 12.2. The Hall–Kier alpha value is -2.75. The van der Waals surface area contributed by atoms with Gasteiger partial charge in [0.2, 0.25) is 11.0 Å². The van der Waals surface area contributed by atoms with Crippen LogP contribution in [-0.2, 0) is 4.79 Å². The average Bonchev–Trinajstić information content (AvgIpc) is 3.38. The third-order valence-electron chi connectivity index (χ3n) is 3.86. The normalized spacial score (nSPS) is 10.7. The molecule has 0 aliphatic heterocycles. The Morgan fingerprint density at radius 2 is 1.83 bits per heavy atom. The number of nitrogens with one attached hydrogen (secondary N) is 2. The van der Waals surface area contributed by atoms with Gasteiger partial charge in [-0.2, -0.15) is 0 Å². The first-order valence-electron chi connectivity index (χ1n) is 8.76. The van der Waals surface area contributed by atoms with E-state index >= 15 is 0 Å². The zero-order valence-corrected chi connectivity index (χ0v) is 17.9. The summed E-state index contributed by atoms with van der Waals surface area (Å²) < 4.78 is 0.735. The molecule has 0 saturated carbocycles. The monoisotopic (exact) mass is 439 g/mol. The van der Waals surface area contributed by atoms with Gasteiger partial charge in [0, 0.05) is 16.6 Å². The molecule has 0 spiro atoms. The summed E-state index contributed by atoms with van der Waals surface area (Å²) in [5.41, 5.74) is 4.04. The van der Waals surface area contributed by atoms with Gasteiger partial charge in [0.15, 0.2) is 9.47 Å². The lowest BCUT2D eigenvalue weighted by Gasteiger charge is -2.01. The fourth-order valence-electron chi connectivity index (χ4n) is 2.43. The highest BCUT2D eigenvalue weighted by Gasteiger charge is 2.11. The van der Waals surface area contributed by atoms with Crippen molar-refractivity contribution in [1.29, 1.82) is 0 Å². The van der Waals surface area contributed by atoms with Crippen LogP contribution in [0.15, 0.2) is 64.3 Å². The first kappa shape index (κ1) is 19.6. The van der Waals surface area contributed by atoms with E-state index in [2.05, 4.69) is 25.8 Å². The predicted molar refractivity (Wildman–Crippen MR) is 121 cm³/mol. The predicted octanol–water partition coefficient (Wildman–Crippen LogP) is 5.44. The van der Waals surface area contributed by atoms with Gasteiger partial charge in [0.1, 0.15) is 0 Å². The molecule has 2 aromatic heterocycles. The van der Waals surface area contributed by atoms with E-state index in [0.29, 0.717) is 10.3 Å². The maximum Gasteiger partial charge on any atom is 0.236 e. The van der Waals surface area contributed by atoms with Gasteiger partial charge in [-0.15, -0.1) is 21.5 Å². The summed E-state index contributed by atoms with van der Waals surface area (Å²) in [6.07, 6.45) is 0. The lowest BCUT2D eigenvalue weighted by Crippen LogP contribution is -2.13. The molecule has 0 unspecified atom stereocenters. The number of carbonyl (C=O) groups is 1. The number of benzene rings is 2. The zero-order chi connectivity index (χ0) is 20.1. The van der Waals surface area contributed by atoms with Crippen molar-refractivity contribution in [3.63, 3.8) is 0 Å². The quantitative estimate of drug-likeness (QED) is 0.373. The smallest absolute Gasteiger partial charge is 0.236 e. The van der Waals surface area contributed by atoms with Gasteiger partial charge in [-0.05, 0) is 19.1 Å². The average molecular weight is 440 g/mol.